The summed E-state index contributed by atoms with van der Waals surface area (Å²) in [6.07, 6.45) is 0. The van der Waals surface area contributed by atoms with E-state index in [-0.39, 0.29) is 17.6 Å². The van der Waals surface area contributed by atoms with Crippen LogP contribution in [-0.4, -0.2) is 20.6 Å². The van der Waals surface area contributed by atoms with Gasteiger partial charge in [0.2, 0.25) is 0 Å². The second kappa shape index (κ2) is 7.66. The van der Waals surface area contributed by atoms with Gasteiger partial charge in [-0.05, 0) is 61.0 Å². The van der Waals surface area contributed by atoms with E-state index in [1.807, 2.05) is 31.2 Å². The summed E-state index contributed by atoms with van der Waals surface area (Å²) in [6, 6.07) is 19.7. The number of amides is 2. The highest BCUT2D eigenvalue weighted by Crippen LogP contribution is 2.24. The molecule has 7 nitrogen and oxygen atoms in total. The Balaban J connectivity index is 1.31. The van der Waals surface area contributed by atoms with Crippen molar-refractivity contribution in [1.82, 2.24) is 8.75 Å². The van der Waals surface area contributed by atoms with Crippen LogP contribution in [0, 0.1) is 6.92 Å². The Morgan fingerprint density at radius 3 is 2.55 bits per heavy atom. The molecular weight excluding hydrogens is 412 g/mol. The zero-order chi connectivity index (χ0) is 21.4. The lowest BCUT2D eigenvalue weighted by Crippen LogP contribution is -2.14. The van der Waals surface area contributed by atoms with Crippen LogP contribution in [0.2, 0.25) is 0 Å². The number of nitrogens with one attached hydrogen (secondary N) is 2. The third-order valence-corrected chi connectivity index (χ3v) is 5.45. The first-order valence-electron chi connectivity index (χ1n) is 9.51. The predicted octanol–water partition coefficient (Wildman–Crippen LogP) is 5.25. The molecule has 8 heteroatoms. The minimum absolute atomic E-state index is 0.241. The normalized spacial score (nSPS) is 11.0. The van der Waals surface area contributed by atoms with E-state index in [9.17, 15) is 9.59 Å². The quantitative estimate of drug-likeness (QED) is 0.407. The van der Waals surface area contributed by atoms with Crippen LogP contribution >= 0.6 is 11.7 Å². The summed E-state index contributed by atoms with van der Waals surface area (Å²) in [4.78, 5) is 25.2. The second-order valence-corrected chi connectivity index (χ2v) is 7.58. The molecule has 2 aromatic heterocycles. The molecule has 3 aromatic carbocycles. The number of aromatic nitrogens is 2. The maximum absolute atomic E-state index is 12.6. The molecule has 2 heterocycles. The summed E-state index contributed by atoms with van der Waals surface area (Å²) in [5.41, 5.74) is 4.69. The van der Waals surface area contributed by atoms with Gasteiger partial charge in [-0.2, -0.15) is 8.75 Å². The van der Waals surface area contributed by atoms with Gasteiger partial charge in [-0.3, -0.25) is 9.59 Å². The SMILES string of the molecule is Cc1cc(NC(=O)c2ccc3nsnc3c2)ccc1NC(=O)c1cc2ccccc2o1. The number of carbonyl (C=O) groups is 2. The number of rotatable bonds is 4. The molecule has 2 amide bonds. The maximum Gasteiger partial charge on any atom is 0.291 e. The van der Waals surface area contributed by atoms with Gasteiger partial charge in [-0.15, -0.1) is 0 Å². The lowest BCUT2D eigenvalue weighted by molar-refractivity contribution is 0.0996. The first-order chi connectivity index (χ1) is 15.1. The molecule has 0 bridgehead atoms. The fourth-order valence-electron chi connectivity index (χ4n) is 3.29. The summed E-state index contributed by atoms with van der Waals surface area (Å²) in [6.45, 7) is 1.86. The van der Waals surface area contributed by atoms with Gasteiger partial charge in [0.15, 0.2) is 5.76 Å². The van der Waals surface area contributed by atoms with E-state index < -0.39 is 0 Å². The van der Waals surface area contributed by atoms with E-state index in [0.29, 0.717) is 28.0 Å². The highest BCUT2D eigenvalue weighted by atomic mass is 32.1. The van der Waals surface area contributed by atoms with Gasteiger partial charge in [0, 0.05) is 22.3 Å². The zero-order valence-corrected chi connectivity index (χ0v) is 17.2. The summed E-state index contributed by atoms with van der Waals surface area (Å²) < 4.78 is 13.9. The number of hydrogen-bond acceptors (Lipinski definition) is 6. The Morgan fingerprint density at radius 2 is 1.71 bits per heavy atom. The number of nitrogens with zero attached hydrogens (tertiary/aromatic N) is 2. The van der Waals surface area contributed by atoms with Gasteiger partial charge in [-0.1, -0.05) is 18.2 Å². The lowest BCUT2D eigenvalue weighted by atomic mass is 10.1. The van der Waals surface area contributed by atoms with Crippen molar-refractivity contribution in [1.29, 1.82) is 0 Å². The van der Waals surface area contributed by atoms with Crippen LogP contribution in [0.25, 0.3) is 22.0 Å². The number of fused-ring (bicyclic) bond motifs is 2. The molecule has 0 aliphatic carbocycles. The minimum atomic E-state index is -0.332. The Labute approximate surface area is 181 Å². The molecule has 0 radical (unpaired) electrons. The molecule has 152 valence electrons. The average Bonchev–Trinajstić information content (AvgIpc) is 3.41. The van der Waals surface area contributed by atoms with Gasteiger partial charge < -0.3 is 15.1 Å². The van der Waals surface area contributed by atoms with Crippen molar-refractivity contribution in [3.8, 4) is 0 Å². The third-order valence-electron chi connectivity index (χ3n) is 4.90. The highest BCUT2D eigenvalue weighted by Gasteiger charge is 2.14. The van der Waals surface area contributed by atoms with Crippen molar-refractivity contribution in [3.05, 3.63) is 83.6 Å². The van der Waals surface area contributed by atoms with Crippen molar-refractivity contribution in [2.45, 2.75) is 6.92 Å². The first kappa shape index (κ1) is 19.0. The molecule has 31 heavy (non-hydrogen) atoms. The fourth-order valence-corrected chi connectivity index (χ4v) is 3.80. The van der Waals surface area contributed by atoms with Crippen LogP contribution in [0.3, 0.4) is 0 Å². The Bertz CT molecular complexity index is 1420. The number of anilines is 2. The molecule has 5 rings (SSSR count). The Kier molecular flexibility index (Phi) is 4.68. The van der Waals surface area contributed by atoms with Gasteiger partial charge in [0.05, 0.1) is 11.7 Å². The maximum atomic E-state index is 12.6. The zero-order valence-electron chi connectivity index (χ0n) is 16.4. The largest absolute Gasteiger partial charge is 0.451 e. The molecular formula is C23H16N4O3S. The van der Waals surface area contributed by atoms with E-state index >= 15 is 0 Å². The smallest absolute Gasteiger partial charge is 0.291 e. The number of benzene rings is 3. The standard InChI is InChI=1S/C23H16N4O3S/c1-13-10-16(24-22(28)15-6-8-18-19(11-15)27-31-26-18)7-9-17(13)25-23(29)21-12-14-4-2-3-5-20(14)30-21/h2-12H,1H3,(H,24,28)(H,25,29). The third kappa shape index (κ3) is 3.76. The van der Waals surface area contributed by atoms with Crippen molar-refractivity contribution in [3.63, 3.8) is 0 Å². The van der Waals surface area contributed by atoms with E-state index in [4.69, 9.17) is 4.42 Å². The van der Waals surface area contributed by atoms with Crippen molar-refractivity contribution >= 4 is 56.9 Å². The minimum Gasteiger partial charge on any atom is -0.451 e. The van der Waals surface area contributed by atoms with Crippen molar-refractivity contribution in [2.24, 2.45) is 0 Å². The van der Waals surface area contributed by atoms with Crippen LogP contribution in [0.5, 0.6) is 0 Å². The molecule has 0 unspecified atom stereocenters. The van der Waals surface area contributed by atoms with Crippen LogP contribution in [0.1, 0.15) is 26.5 Å². The molecule has 0 aliphatic heterocycles. The average molecular weight is 428 g/mol. The van der Waals surface area contributed by atoms with E-state index in [1.54, 1.807) is 42.5 Å². The molecule has 0 atom stereocenters. The Hall–Kier alpha value is -4.04. The van der Waals surface area contributed by atoms with E-state index in [0.717, 1.165) is 28.2 Å². The first-order valence-corrected chi connectivity index (χ1v) is 10.2. The molecule has 2 N–H and O–H groups in total. The van der Waals surface area contributed by atoms with Crippen molar-refractivity contribution in [2.75, 3.05) is 10.6 Å². The van der Waals surface area contributed by atoms with Gasteiger partial charge in [0.25, 0.3) is 11.8 Å². The summed E-state index contributed by atoms with van der Waals surface area (Å²) in [5.74, 6) is -0.334. The number of para-hydroxylation sites is 1. The van der Waals surface area contributed by atoms with E-state index in [1.165, 1.54) is 0 Å². The Morgan fingerprint density at radius 1 is 0.871 bits per heavy atom. The van der Waals surface area contributed by atoms with Gasteiger partial charge in [0.1, 0.15) is 16.6 Å². The molecule has 0 saturated carbocycles. The van der Waals surface area contributed by atoms with E-state index in [2.05, 4.69) is 19.4 Å². The predicted molar refractivity (Wildman–Crippen MR) is 121 cm³/mol. The fraction of sp³-hybridized carbons (Fsp3) is 0.0435. The van der Waals surface area contributed by atoms with Crippen LogP contribution in [0.15, 0.2) is 71.1 Å². The van der Waals surface area contributed by atoms with Gasteiger partial charge >= 0.3 is 0 Å². The summed E-state index contributed by atoms with van der Waals surface area (Å²) in [5, 5.41) is 6.60. The summed E-state index contributed by atoms with van der Waals surface area (Å²) >= 11 is 1.11. The van der Waals surface area contributed by atoms with Crippen molar-refractivity contribution < 1.29 is 14.0 Å². The topological polar surface area (TPSA) is 97.1 Å². The number of aryl methyl sites for hydroxylation is 1. The van der Waals surface area contributed by atoms with Gasteiger partial charge in [-0.25, -0.2) is 0 Å². The molecule has 0 aliphatic rings. The number of carbonyl (C=O) groups excluding carboxylic acids is 2. The second-order valence-electron chi connectivity index (χ2n) is 7.05. The number of furan rings is 1. The molecule has 0 saturated heterocycles. The molecule has 0 spiro atoms. The summed E-state index contributed by atoms with van der Waals surface area (Å²) in [7, 11) is 0. The monoisotopic (exact) mass is 428 g/mol. The molecule has 5 aromatic rings. The lowest BCUT2D eigenvalue weighted by Gasteiger charge is -2.10. The number of hydrogen-bond donors (Lipinski definition) is 2. The highest BCUT2D eigenvalue weighted by molar-refractivity contribution is 7.00. The van der Waals surface area contributed by atoms with Crippen LogP contribution in [0.4, 0.5) is 11.4 Å². The molecule has 0 fully saturated rings. The van der Waals surface area contributed by atoms with Crippen LogP contribution in [-0.2, 0) is 0 Å². The van der Waals surface area contributed by atoms with Crippen LogP contribution < -0.4 is 10.6 Å².